The van der Waals surface area contributed by atoms with E-state index in [1.807, 2.05) is 12.1 Å². The zero-order valence-electron chi connectivity index (χ0n) is 14.1. The molecule has 0 saturated heterocycles. The summed E-state index contributed by atoms with van der Waals surface area (Å²) in [6, 6.07) is 13.2. The zero-order chi connectivity index (χ0) is 18.5. The van der Waals surface area contributed by atoms with Gasteiger partial charge < -0.3 is 10.1 Å². The number of nitrogens with zero attached hydrogens (tertiary/aromatic N) is 4. The van der Waals surface area contributed by atoms with E-state index in [0.717, 1.165) is 5.69 Å². The minimum Gasteiger partial charge on any atom is -0.497 e. The van der Waals surface area contributed by atoms with E-state index >= 15 is 0 Å². The van der Waals surface area contributed by atoms with Crippen LogP contribution >= 0.6 is 11.8 Å². The molecule has 0 bridgehead atoms. The normalized spacial score (nSPS) is 11.8. The van der Waals surface area contributed by atoms with Crippen molar-refractivity contribution in [2.75, 3.05) is 12.4 Å². The fourth-order valence-corrected chi connectivity index (χ4v) is 2.95. The van der Waals surface area contributed by atoms with Gasteiger partial charge in [0.2, 0.25) is 11.1 Å². The molecule has 0 aliphatic rings. The van der Waals surface area contributed by atoms with Crippen molar-refractivity contribution >= 4 is 23.4 Å². The molecule has 0 fully saturated rings. The first kappa shape index (κ1) is 17.9. The number of anilines is 1. The molecule has 7 nitrogen and oxygen atoms in total. The Bertz CT molecular complexity index is 900. The second-order valence-electron chi connectivity index (χ2n) is 5.30. The van der Waals surface area contributed by atoms with Gasteiger partial charge in [-0.3, -0.25) is 4.79 Å². The molecule has 3 aromatic rings. The van der Waals surface area contributed by atoms with Crippen molar-refractivity contribution in [3.8, 4) is 11.4 Å². The predicted molar refractivity (Wildman–Crippen MR) is 96.1 cm³/mol. The highest BCUT2D eigenvalue weighted by Crippen LogP contribution is 2.25. The number of carbonyl (C=O) groups excluding carboxylic acids is 1. The second-order valence-corrected chi connectivity index (χ2v) is 6.61. The number of aromatic nitrogens is 4. The van der Waals surface area contributed by atoms with Crippen molar-refractivity contribution in [3.63, 3.8) is 0 Å². The Hall–Kier alpha value is -2.94. The van der Waals surface area contributed by atoms with Gasteiger partial charge in [-0.1, -0.05) is 23.9 Å². The van der Waals surface area contributed by atoms with Gasteiger partial charge in [-0.25, -0.2) is 4.39 Å². The van der Waals surface area contributed by atoms with Crippen LogP contribution in [0.2, 0.25) is 0 Å². The quantitative estimate of drug-likeness (QED) is 0.669. The van der Waals surface area contributed by atoms with Crippen LogP contribution in [-0.2, 0) is 4.79 Å². The monoisotopic (exact) mass is 373 g/mol. The Morgan fingerprint density at radius 1 is 1.23 bits per heavy atom. The number of tetrazole rings is 1. The Labute approximate surface area is 153 Å². The first-order valence-corrected chi connectivity index (χ1v) is 8.61. The van der Waals surface area contributed by atoms with Crippen LogP contribution < -0.4 is 10.1 Å². The van der Waals surface area contributed by atoms with E-state index in [-0.39, 0.29) is 11.6 Å². The smallest absolute Gasteiger partial charge is 0.237 e. The molecule has 0 saturated carbocycles. The number of methoxy groups -OCH3 is 1. The van der Waals surface area contributed by atoms with Crippen molar-refractivity contribution in [2.24, 2.45) is 0 Å². The fourth-order valence-electron chi connectivity index (χ4n) is 2.15. The average Bonchev–Trinajstić information content (AvgIpc) is 3.11. The second kappa shape index (κ2) is 7.96. The van der Waals surface area contributed by atoms with E-state index in [2.05, 4.69) is 20.8 Å². The molecular formula is C17H16FN5O2S. The van der Waals surface area contributed by atoms with Gasteiger partial charge in [-0.15, -0.1) is 5.10 Å². The number of ether oxygens (including phenoxy) is 1. The molecule has 26 heavy (non-hydrogen) atoms. The largest absolute Gasteiger partial charge is 0.497 e. The molecule has 0 spiro atoms. The molecule has 0 unspecified atom stereocenters. The number of nitrogens with one attached hydrogen (secondary N) is 1. The highest BCUT2D eigenvalue weighted by molar-refractivity contribution is 8.00. The lowest BCUT2D eigenvalue weighted by Crippen LogP contribution is -2.23. The predicted octanol–water partition coefficient (Wildman–Crippen LogP) is 2.93. The summed E-state index contributed by atoms with van der Waals surface area (Å²) in [6.45, 7) is 1.70. The molecule has 1 atom stereocenters. The minimum atomic E-state index is -0.530. The maximum absolute atomic E-state index is 13.7. The summed E-state index contributed by atoms with van der Waals surface area (Å²) in [6.07, 6.45) is 0. The van der Waals surface area contributed by atoms with E-state index in [1.54, 1.807) is 38.3 Å². The maximum Gasteiger partial charge on any atom is 0.237 e. The molecule has 9 heteroatoms. The van der Waals surface area contributed by atoms with Crippen LogP contribution in [0.15, 0.2) is 53.7 Å². The van der Waals surface area contributed by atoms with Gasteiger partial charge in [0.1, 0.15) is 11.6 Å². The standard InChI is InChI=1S/C17H16FN5O2S/c1-11(16(24)19-15-6-4-3-5-14(15)18)26-17-20-21-22-23(17)12-7-9-13(25-2)10-8-12/h3-11H,1-2H3,(H,19,24)/t11-/m1/s1. The number of hydrogen-bond acceptors (Lipinski definition) is 6. The third kappa shape index (κ3) is 3.99. The number of para-hydroxylation sites is 1. The van der Waals surface area contributed by atoms with E-state index in [0.29, 0.717) is 10.9 Å². The van der Waals surface area contributed by atoms with E-state index < -0.39 is 11.1 Å². The summed E-state index contributed by atoms with van der Waals surface area (Å²) in [5, 5.41) is 14.1. The average molecular weight is 373 g/mol. The molecule has 2 aromatic carbocycles. The highest BCUT2D eigenvalue weighted by atomic mass is 32.2. The van der Waals surface area contributed by atoms with Gasteiger partial charge in [0, 0.05) is 0 Å². The van der Waals surface area contributed by atoms with Crippen molar-refractivity contribution in [1.82, 2.24) is 20.2 Å². The topological polar surface area (TPSA) is 81.9 Å². The summed E-state index contributed by atoms with van der Waals surface area (Å²) in [7, 11) is 1.59. The lowest BCUT2D eigenvalue weighted by Gasteiger charge is -2.12. The van der Waals surface area contributed by atoms with Gasteiger partial charge in [0.15, 0.2) is 0 Å². The lowest BCUT2D eigenvalue weighted by molar-refractivity contribution is -0.115. The molecule has 0 aliphatic heterocycles. The van der Waals surface area contributed by atoms with E-state index in [4.69, 9.17) is 4.74 Å². The highest BCUT2D eigenvalue weighted by Gasteiger charge is 2.20. The number of hydrogen-bond donors (Lipinski definition) is 1. The molecule has 3 rings (SSSR count). The van der Waals surface area contributed by atoms with Crippen molar-refractivity contribution in [3.05, 3.63) is 54.3 Å². The number of amides is 1. The summed E-state index contributed by atoms with van der Waals surface area (Å²) in [5.74, 6) is -0.112. The van der Waals surface area contributed by atoms with Crippen LogP contribution in [-0.4, -0.2) is 38.5 Å². The summed E-state index contributed by atoms with van der Waals surface area (Å²) in [4.78, 5) is 12.3. The molecule has 1 amide bonds. The zero-order valence-corrected chi connectivity index (χ0v) is 14.9. The number of halogens is 1. The van der Waals surface area contributed by atoms with Crippen LogP contribution in [0.4, 0.5) is 10.1 Å². The van der Waals surface area contributed by atoms with Crippen molar-refractivity contribution in [2.45, 2.75) is 17.3 Å². The van der Waals surface area contributed by atoms with Crippen LogP contribution in [0.3, 0.4) is 0 Å². The first-order chi connectivity index (χ1) is 12.6. The van der Waals surface area contributed by atoms with Crippen LogP contribution in [0.5, 0.6) is 5.75 Å². The maximum atomic E-state index is 13.7. The molecule has 1 heterocycles. The molecule has 134 valence electrons. The number of carbonyl (C=O) groups is 1. The van der Waals surface area contributed by atoms with Gasteiger partial charge in [0.25, 0.3) is 0 Å². The number of benzene rings is 2. The Morgan fingerprint density at radius 2 is 1.96 bits per heavy atom. The Morgan fingerprint density at radius 3 is 2.65 bits per heavy atom. The Kier molecular flexibility index (Phi) is 5.47. The van der Waals surface area contributed by atoms with Gasteiger partial charge in [-0.2, -0.15) is 4.68 Å². The SMILES string of the molecule is COc1ccc(-n2nnnc2S[C@H](C)C(=O)Nc2ccccc2F)cc1. The van der Waals surface area contributed by atoms with Crippen LogP contribution in [0.25, 0.3) is 5.69 Å². The minimum absolute atomic E-state index is 0.139. The molecular weight excluding hydrogens is 357 g/mol. The number of thioether (sulfide) groups is 1. The van der Waals surface area contributed by atoms with E-state index in [9.17, 15) is 9.18 Å². The van der Waals surface area contributed by atoms with Gasteiger partial charge >= 0.3 is 0 Å². The molecule has 1 aromatic heterocycles. The van der Waals surface area contributed by atoms with Crippen molar-refractivity contribution in [1.29, 1.82) is 0 Å². The van der Waals surface area contributed by atoms with Crippen molar-refractivity contribution < 1.29 is 13.9 Å². The third-order valence-corrected chi connectivity index (χ3v) is 4.57. The summed E-state index contributed by atoms with van der Waals surface area (Å²) < 4.78 is 20.3. The first-order valence-electron chi connectivity index (χ1n) is 7.73. The van der Waals surface area contributed by atoms with Gasteiger partial charge in [-0.05, 0) is 53.7 Å². The molecule has 0 radical (unpaired) electrons. The van der Waals surface area contributed by atoms with Gasteiger partial charge in [0.05, 0.1) is 23.7 Å². The Balaban J connectivity index is 1.72. The molecule has 1 N–H and O–H groups in total. The third-order valence-electron chi connectivity index (χ3n) is 3.54. The lowest BCUT2D eigenvalue weighted by atomic mass is 10.3. The fraction of sp³-hybridized carbons (Fsp3) is 0.176. The summed E-state index contributed by atoms with van der Waals surface area (Å²) >= 11 is 1.18. The number of rotatable bonds is 6. The van der Waals surface area contributed by atoms with Crippen LogP contribution in [0.1, 0.15) is 6.92 Å². The molecule has 0 aliphatic carbocycles. The summed E-state index contributed by atoms with van der Waals surface area (Å²) in [5.41, 5.74) is 0.875. The van der Waals surface area contributed by atoms with Crippen LogP contribution in [0, 0.1) is 5.82 Å². The van der Waals surface area contributed by atoms with E-state index in [1.165, 1.54) is 28.6 Å².